The Hall–Kier alpha value is -2.39. The van der Waals surface area contributed by atoms with Gasteiger partial charge in [0.2, 0.25) is 0 Å². The zero-order valence-electron chi connectivity index (χ0n) is 17.9. The number of alkyl carbamates (subject to hydrolysis) is 1. The molecule has 10 heteroatoms. The third-order valence-corrected chi connectivity index (χ3v) is 7.09. The van der Waals surface area contributed by atoms with Crippen molar-refractivity contribution >= 4 is 52.9 Å². The Kier molecular flexibility index (Phi) is 8.53. The fourth-order valence-electron chi connectivity index (χ4n) is 3.96. The van der Waals surface area contributed by atoms with E-state index in [9.17, 15) is 9.59 Å². The highest BCUT2D eigenvalue weighted by molar-refractivity contribution is 7.18. The van der Waals surface area contributed by atoms with E-state index < -0.39 is 17.7 Å². The number of ketones is 1. The van der Waals surface area contributed by atoms with Crippen LogP contribution in [-0.2, 0) is 4.74 Å². The van der Waals surface area contributed by atoms with Gasteiger partial charge in [0.1, 0.15) is 5.54 Å². The van der Waals surface area contributed by atoms with E-state index in [0.717, 1.165) is 43.0 Å². The number of allylic oxidation sites excluding steroid dienone is 2. The molecule has 3 N–H and O–H groups in total. The number of halogens is 2. The topological polar surface area (TPSA) is 97.5 Å². The number of rotatable bonds is 6. The summed E-state index contributed by atoms with van der Waals surface area (Å²) in [5.74, 6) is -0.0121. The number of nitrogens with one attached hydrogen (secondary N) is 1. The highest BCUT2D eigenvalue weighted by Gasteiger charge is 2.42. The first kappa shape index (κ1) is 25.2. The van der Waals surface area contributed by atoms with Gasteiger partial charge in [-0.15, -0.1) is 23.7 Å². The van der Waals surface area contributed by atoms with Crippen LogP contribution in [0.5, 0.6) is 0 Å². The maximum Gasteiger partial charge on any atom is 0.407 e. The van der Waals surface area contributed by atoms with Gasteiger partial charge in [-0.2, -0.15) is 0 Å². The van der Waals surface area contributed by atoms with Crippen molar-refractivity contribution in [2.24, 2.45) is 11.7 Å². The van der Waals surface area contributed by atoms with Crippen molar-refractivity contribution in [3.05, 3.63) is 70.2 Å². The van der Waals surface area contributed by atoms with Gasteiger partial charge in [0, 0.05) is 31.2 Å². The number of thiophene rings is 1. The summed E-state index contributed by atoms with van der Waals surface area (Å²) in [4.78, 5) is 32.3. The van der Waals surface area contributed by atoms with Crippen molar-refractivity contribution < 1.29 is 14.3 Å². The van der Waals surface area contributed by atoms with Gasteiger partial charge in [0.05, 0.1) is 21.9 Å². The average molecular weight is 509 g/mol. The van der Waals surface area contributed by atoms with E-state index in [4.69, 9.17) is 22.1 Å². The van der Waals surface area contributed by atoms with E-state index in [-0.39, 0.29) is 24.1 Å². The zero-order chi connectivity index (χ0) is 22.6. The number of carbonyl (C=O) groups is 2. The molecule has 0 bridgehead atoms. The van der Waals surface area contributed by atoms with Gasteiger partial charge in [-0.1, -0.05) is 35.9 Å². The number of carbonyl (C=O) groups excluding carboxylic acids is 2. The second-order valence-electron chi connectivity index (χ2n) is 7.97. The molecule has 3 heterocycles. The van der Waals surface area contributed by atoms with Gasteiger partial charge in [0.15, 0.2) is 5.78 Å². The second kappa shape index (κ2) is 11.2. The molecule has 2 unspecified atom stereocenters. The molecular formula is C23H26Cl2N4O3S. The minimum Gasteiger partial charge on any atom is -0.449 e. The molecule has 2 aromatic heterocycles. The molecule has 0 radical (unpaired) electrons. The molecule has 33 heavy (non-hydrogen) atoms. The van der Waals surface area contributed by atoms with Gasteiger partial charge in [-0.05, 0) is 43.0 Å². The molecule has 0 aromatic carbocycles. The Morgan fingerprint density at radius 1 is 1.21 bits per heavy atom. The Labute approximate surface area is 208 Å². The summed E-state index contributed by atoms with van der Waals surface area (Å²) in [5, 5.41) is 2.75. The van der Waals surface area contributed by atoms with Crippen LogP contribution in [0.3, 0.4) is 0 Å². The molecule has 4 rings (SSSR count). The monoisotopic (exact) mass is 508 g/mol. The molecule has 1 aliphatic carbocycles. The normalized spacial score (nSPS) is 22.5. The van der Waals surface area contributed by atoms with Crippen LogP contribution >= 0.6 is 35.3 Å². The van der Waals surface area contributed by atoms with Crippen LogP contribution in [0.25, 0.3) is 0 Å². The first-order chi connectivity index (χ1) is 15.5. The lowest BCUT2D eigenvalue weighted by molar-refractivity contribution is 0.0892. The lowest BCUT2D eigenvalue weighted by Gasteiger charge is -2.34. The maximum absolute atomic E-state index is 13.0. The number of hydrogen-bond acceptors (Lipinski definition) is 7. The third kappa shape index (κ3) is 5.95. The lowest BCUT2D eigenvalue weighted by Crippen LogP contribution is -2.62. The van der Waals surface area contributed by atoms with Gasteiger partial charge < -0.3 is 20.7 Å². The Morgan fingerprint density at radius 2 is 1.94 bits per heavy atom. The molecule has 1 aliphatic heterocycles. The van der Waals surface area contributed by atoms with E-state index in [2.05, 4.69) is 15.2 Å². The zero-order valence-corrected chi connectivity index (χ0v) is 20.2. The Bertz CT molecular complexity index is 1020. The van der Waals surface area contributed by atoms with Crippen LogP contribution in [0, 0.1) is 5.92 Å². The molecule has 176 valence electrons. The quantitative estimate of drug-likeness (QED) is 0.566. The number of ether oxygens (including phenoxy) is 1. The van der Waals surface area contributed by atoms with Crippen LogP contribution in [0.4, 0.5) is 10.5 Å². The number of anilines is 1. The van der Waals surface area contributed by atoms with Gasteiger partial charge >= 0.3 is 6.09 Å². The van der Waals surface area contributed by atoms with E-state index >= 15 is 0 Å². The summed E-state index contributed by atoms with van der Waals surface area (Å²) in [6, 6.07) is 6.58. The largest absolute Gasteiger partial charge is 0.449 e. The lowest BCUT2D eigenvalue weighted by atomic mass is 9.82. The number of nitrogens with zero attached hydrogens (tertiary/aromatic N) is 2. The number of pyridine rings is 1. The average Bonchev–Trinajstić information content (AvgIpc) is 3.26. The van der Waals surface area contributed by atoms with Crippen LogP contribution in [0.15, 0.2) is 61.0 Å². The van der Waals surface area contributed by atoms with Crippen LogP contribution in [-0.4, -0.2) is 48.1 Å². The molecular weight excluding hydrogens is 483 g/mol. The van der Waals surface area contributed by atoms with Crippen LogP contribution in [0.2, 0.25) is 4.34 Å². The fraction of sp³-hybridized carbons (Fsp3) is 0.348. The number of Topliss-reactive ketones (excluding diaryl/α,β-unsaturated/α-hetero) is 1. The van der Waals surface area contributed by atoms with Crippen molar-refractivity contribution in [1.29, 1.82) is 0 Å². The smallest absolute Gasteiger partial charge is 0.407 e. The Balaban J connectivity index is 0.00000306. The standard InChI is InChI=1S/C23H25ClN4O3S.ClH/c24-20-5-4-18(32-20)21(29)23(25)10-2-1-3-19(23)27-22(30)31-15-16-8-13-28(14-9-16)17-6-11-26-12-7-17;/h1-7,10-12,16,19H,8-9,13-15,25H2,(H,27,30);1H. The highest BCUT2D eigenvalue weighted by atomic mass is 35.5. The molecule has 7 nitrogen and oxygen atoms in total. The SMILES string of the molecule is Cl.NC1(C(=O)c2ccc(Cl)s2)C=CC=CC1NC(=O)OCC1CCN(c2ccncc2)CC1. The first-order valence-corrected chi connectivity index (χ1v) is 11.7. The molecule has 0 spiro atoms. The number of amides is 1. The predicted molar refractivity (Wildman–Crippen MR) is 134 cm³/mol. The van der Waals surface area contributed by atoms with Gasteiger partial charge in [-0.3, -0.25) is 9.78 Å². The van der Waals surface area contributed by atoms with Crippen molar-refractivity contribution in [3.8, 4) is 0 Å². The Morgan fingerprint density at radius 3 is 2.61 bits per heavy atom. The maximum atomic E-state index is 13.0. The fourth-order valence-corrected chi connectivity index (χ4v) is 5.03. The van der Waals surface area contributed by atoms with Crippen molar-refractivity contribution in [1.82, 2.24) is 10.3 Å². The molecule has 2 atom stereocenters. The highest BCUT2D eigenvalue weighted by Crippen LogP contribution is 2.28. The van der Waals surface area contributed by atoms with Crippen molar-refractivity contribution in [2.45, 2.75) is 24.4 Å². The molecule has 0 saturated carbocycles. The van der Waals surface area contributed by atoms with E-state index in [0.29, 0.717) is 15.8 Å². The number of hydrogen-bond donors (Lipinski definition) is 2. The first-order valence-electron chi connectivity index (χ1n) is 10.5. The van der Waals surface area contributed by atoms with Crippen LogP contribution < -0.4 is 16.0 Å². The molecule has 1 saturated heterocycles. The van der Waals surface area contributed by atoms with Crippen LogP contribution in [0.1, 0.15) is 22.5 Å². The predicted octanol–water partition coefficient (Wildman–Crippen LogP) is 4.24. The van der Waals surface area contributed by atoms with E-state index in [1.165, 1.54) is 0 Å². The number of nitrogens with two attached hydrogens (primary N) is 1. The molecule has 1 fully saturated rings. The van der Waals surface area contributed by atoms with E-state index in [1.807, 2.05) is 12.1 Å². The van der Waals surface area contributed by atoms with Crippen molar-refractivity contribution in [3.63, 3.8) is 0 Å². The summed E-state index contributed by atoms with van der Waals surface area (Å²) in [6.45, 7) is 2.13. The third-order valence-electron chi connectivity index (χ3n) is 5.86. The number of aromatic nitrogens is 1. The van der Waals surface area contributed by atoms with E-state index in [1.54, 1.807) is 48.8 Å². The second-order valence-corrected chi connectivity index (χ2v) is 9.68. The summed E-state index contributed by atoms with van der Waals surface area (Å²) in [6.07, 6.45) is 11.6. The molecule has 2 aliphatic rings. The summed E-state index contributed by atoms with van der Waals surface area (Å²) in [7, 11) is 0. The van der Waals surface area contributed by atoms with Crippen molar-refractivity contribution in [2.75, 3.05) is 24.6 Å². The molecule has 2 aromatic rings. The van der Waals surface area contributed by atoms with Gasteiger partial charge in [-0.25, -0.2) is 4.79 Å². The van der Waals surface area contributed by atoms with Gasteiger partial charge in [0.25, 0.3) is 0 Å². The number of piperidine rings is 1. The minimum atomic E-state index is -1.40. The minimum absolute atomic E-state index is 0. The summed E-state index contributed by atoms with van der Waals surface area (Å²) in [5.41, 5.74) is 6.19. The summed E-state index contributed by atoms with van der Waals surface area (Å²) >= 11 is 7.13. The molecule has 1 amide bonds. The summed E-state index contributed by atoms with van der Waals surface area (Å²) < 4.78 is 5.99.